The van der Waals surface area contributed by atoms with Crippen molar-refractivity contribution in [3.05, 3.63) is 89.9 Å². The summed E-state index contributed by atoms with van der Waals surface area (Å²) >= 11 is 1.48. The predicted octanol–water partition coefficient (Wildman–Crippen LogP) is 6.36. The zero-order chi connectivity index (χ0) is 22.9. The van der Waals surface area contributed by atoms with Gasteiger partial charge in [0, 0.05) is 35.0 Å². The molecule has 0 aliphatic carbocycles. The van der Waals surface area contributed by atoms with Crippen LogP contribution < -0.4 is 14.8 Å². The van der Waals surface area contributed by atoms with Crippen LogP contribution in [0.5, 0.6) is 11.5 Å². The van der Waals surface area contributed by atoms with Crippen molar-refractivity contribution >= 4 is 34.2 Å². The molecule has 0 radical (unpaired) electrons. The van der Waals surface area contributed by atoms with Crippen LogP contribution in [0.1, 0.15) is 18.9 Å². The molecule has 2 heterocycles. The fourth-order valence-corrected chi connectivity index (χ4v) is 3.72. The molecule has 0 unspecified atom stereocenters. The Labute approximate surface area is 196 Å². The topological polar surface area (TPSA) is 73.3 Å². The lowest BCUT2D eigenvalue weighted by molar-refractivity contribution is -0.128. The second kappa shape index (κ2) is 11.1. The molecule has 1 N–H and O–H groups in total. The summed E-state index contributed by atoms with van der Waals surface area (Å²) in [7, 11) is 0. The van der Waals surface area contributed by atoms with Gasteiger partial charge in [0.05, 0.1) is 12.3 Å². The molecule has 0 aliphatic heterocycles. The zero-order valence-corrected chi connectivity index (χ0v) is 18.9. The summed E-state index contributed by atoms with van der Waals surface area (Å²) in [6, 6.07) is 20.5. The van der Waals surface area contributed by atoms with Crippen LogP contribution in [0.2, 0.25) is 0 Å². The first kappa shape index (κ1) is 22.2. The van der Waals surface area contributed by atoms with Crippen LogP contribution in [0.3, 0.4) is 0 Å². The van der Waals surface area contributed by atoms with Crippen molar-refractivity contribution in [1.29, 1.82) is 0 Å². The number of hydrogen-bond acceptors (Lipinski definition) is 7. The lowest BCUT2D eigenvalue weighted by atomic mass is 10.2. The Bertz CT molecular complexity index is 1240. The number of pyridine rings is 1. The second-order valence-corrected chi connectivity index (χ2v) is 7.90. The third-order valence-electron chi connectivity index (χ3n) is 4.51. The smallest absolute Gasteiger partial charge is 0.336 e. The SMILES string of the molecule is CCCOc1ccccc1/C=C/C(=O)Oc1cccc(Nc2nc(-c3ccccn3)cs2)c1. The number of aromatic nitrogens is 2. The summed E-state index contributed by atoms with van der Waals surface area (Å²) in [4.78, 5) is 21.2. The number of carbonyl (C=O) groups is 1. The molecular weight excluding hydrogens is 434 g/mol. The molecule has 0 spiro atoms. The first-order valence-corrected chi connectivity index (χ1v) is 11.4. The summed E-state index contributed by atoms with van der Waals surface area (Å²) in [6.45, 7) is 2.67. The zero-order valence-electron chi connectivity index (χ0n) is 18.1. The molecule has 0 atom stereocenters. The maximum Gasteiger partial charge on any atom is 0.336 e. The van der Waals surface area contributed by atoms with Crippen molar-refractivity contribution in [1.82, 2.24) is 9.97 Å². The number of nitrogens with zero attached hydrogens (tertiary/aromatic N) is 2. The number of thiazole rings is 1. The molecule has 6 nitrogen and oxygen atoms in total. The van der Waals surface area contributed by atoms with Gasteiger partial charge >= 0.3 is 5.97 Å². The fourth-order valence-electron chi connectivity index (χ4n) is 2.99. The lowest BCUT2D eigenvalue weighted by Crippen LogP contribution is -2.04. The lowest BCUT2D eigenvalue weighted by Gasteiger charge is -2.08. The molecule has 2 aromatic heterocycles. The summed E-state index contributed by atoms with van der Waals surface area (Å²) < 4.78 is 11.2. The Morgan fingerprint density at radius 2 is 1.94 bits per heavy atom. The average molecular weight is 458 g/mol. The standard InChI is InChI=1S/C26H23N3O3S/c1-2-16-31-24-12-4-3-8-19(24)13-14-25(30)32-21-10-7-9-20(17-21)28-26-29-23(18-33-26)22-11-5-6-15-27-22/h3-15,17-18H,2,16H2,1H3,(H,28,29)/b14-13+. The number of benzene rings is 2. The van der Waals surface area contributed by atoms with Gasteiger partial charge in [-0.2, -0.15) is 0 Å². The van der Waals surface area contributed by atoms with E-state index in [0.717, 1.165) is 39.9 Å². The van der Waals surface area contributed by atoms with Crippen molar-refractivity contribution in [3.8, 4) is 22.9 Å². The highest BCUT2D eigenvalue weighted by Crippen LogP contribution is 2.27. The summed E-state index contributed by atoms with van der Waals surface area (Å²) in [5.74, 6) is 0.707. The van der Waals surface area contributed by atoms with Crippen LogP contribution in [-0.2, 0) is 4.79 Å². The quantitative estimate of drug-likeness (QED) is 0.179. The van der Waals surface area contributed by atoms with Gasteiger partial charge < -0.3 is 14.8 Å². The monoisotopic (exact) mass is 457 g/mol. The summed E-state index contributed by atoms with van der Waals surface area (Å²) in [5, 5.41) is 5.92. The third kappa shape index (κ3) is 6.27. The Balaban J connectivity index is 1.39. The fraction of sp³-hybridized carbons (Fsp3) is 0.115. The minimum Gasteiger partial charge on any atom is -0.493 e. The van der Waals surface area contributed by atoms with Crippen LogP contribution in [0.15, 0.2) is 84.4 Å². The van der Waals surface area contributed by atoms with Crippen molar-refractivity contribution in [2.45, 2.75) is 13.3 Å². The molecule has 0 fully saturated rings. The highest BCUT2D eigenvalue weighted by Gasteiger charge is 2.07. The van der Waals surface area contributed by atoms with Gasteiger partial charge in [-0.05, 0) is 42.8 Å². The summed E-state index contributed by atoms with van der Waals surface area (Å²) in [5.41, 5.74) is 3.22. The molecule has 7 heteroatoms. The number of para-hydroxylation sites is 1. The van der Waals surface area contributed by atoms with E-state index in [2.05, 4.69) is 15.3 Å². The van der Waals surface area contributed by atoms with Crippen LogP contribution in [0, 0.1) is 0 Å². The largest absolute Gasteiger partial charge is 0.493 e. The number of ether oxygens (including phenoxy) is 2. The van der Waals surface area contributed by atoms with Crippen LogP contribution in [0.25, 0.3) is 17.5 Å². The normalized spacial score (nSPS) is 10.8. The number of carbonyl (C=O) groups excluding carboxylic acids is 1. The third-order valence-corrected chi connectivity index (χ3v) is 5.27. The van der Waals surface area contributed by atoms with Gasteiger partial charge in [-0.3, -0.25) is 4.98 Å². The molecule has 2 aromatic carbocycles. The second-order valence-electron chi connectivity index (χ2n) is 7.05. The first-order chi connectivity index (χ1) is 16.2. The van der Waals surface area contributed by atoms with E-state index in [4.69, 9.17) is 9.47 Å². The van der Waals surface area contributed by atoms with Gasteiger partial charge in [0.2, 0.25) is 0 Å². The maximum atomic E-state index is 12.4. The number of nitrogens with one attached hydrogen (secondary N) is 1. The van der Waals surface area contributed by atoms with Gasteiger partial charge in [0.15, 0.2) is 5.13 Å². The Morgan fingerprint density at radius 1 is 1.06 bits per heavy atom. The molecule has 4 aromatic rings. The molecule has 0 amide bonds. The first-order valence-electron chi connectivity index (χ1n) is 10.6. The Hall–Kier alpha value is -3.97. The highest BCUT2D eigenvalue weighted by atomic mass is 32.1. The van der Waals surface area contributed by atoms with E-state index in [9.17, 15) is 4.79 Å². The molecule has 0 saturated carbocycles. The van der Waals surface area contributed by atoms with Crippen LogP contribution in [-0.4, -0.2) is 22.5 Å². The number of esters is 1. The Morgan fingerprint density at radius 3 is 2.79 bits per heavy atom. The molecule has 4 rings (SSSR count). The molecule has 33 heavy (non-hydrogen) atoms. The number of rotatable bonds is 9. The minimum absolute atomic E-state index is 0.437. The average Bonchev–Trinajstić information content (AvgIpc) is 3.31. The van der Waals surface area contributed by atoms with Crippen molar-refractivity contribution in [3.63, 3.8) is 0 Å². The van der Waals surface area contributed by atoms with E-state index in [0.29, 0.717) is 12.4 Å². The minimum atomic E-state index is -0.468. The molecule has 0 bridgehead atoms. The highest BCUT2D eigenvalue weighted by molar-refractivity contribution is 7.14. The van der Waals surface area contributed by atoms with E-state index in [1.165, 1.54) is 17.4 Å². The van der Waals surface area contributed by atoms with Gasteiger partial charge in [-0.25, -0.2) is 9.78 Å². The van der Waals surface area contributed by atoms with Gasteiger partial charge in [-0.1, -0.05) is 37.3 Å². The predicted molar refractivity (Wildman–Crippen MR) is 132 cm³/mol. The van der Waals surface area contributed by atoms with E-state index >= 15 is 0 Å². The van der Waals surface area contributed by atoms with Crippen LogP contribution in [0.4, 0.5) is 10.8 Å². The van der Waals surface area contributed by atoms with Gasteiger partial charge in [0.1, 0.15) is 17.2 Å². The van der Waals surface area contributed by atoms with Crippen molar-refractivity contribution in [2.75, 3.05) is 11.9 Å². The molecule has 0 saturated heterocycles. The van der Waals surface area contributed by atoms with E-state index in [1.54, 1.807) is 24.4 Å². The summed E-state index contributed by atoms with van der Waals surface area (Å²) in [6.07, 6.45) is 5.75. The van der Waals surface area contributed by atoms with Crippen molar-refractivity contribution < 1.29 is 14.3 Å². The van der Waals surface area contributed by atoms with Crippen LogP contribution >= 0.6 is 11.3 Å². The maximum absolute atomic E-state index is 12.4. The number of hydrogen-bond donors (Lipinski definition) is 1. The number of anilines is 2. The molecular formula is C26H23N3O3S. The van der Waals surface area contributed by atoms with E-state index in [1.807, 2.05) is 66.9 Å². The van der Waals surface area contributed by atoms with Gasteiger partial charge in [0.25, 0.3) is 0 Å². The molecule has 166 valence electrons. The van der Waals surface area contributed by atoms with Gasteiger partial charge in [-0.15, -0.1) is 11.3 Å². The van der Waals surface area contributed by atoms with Crippen molar-refractivity contribution in [2.24, 2.45) is 0 Å². The Kier molecular flexibility index (Phi) is 7.45. The molecule has 0 aliphatic rings. The van der Waals surface area contributed by atoms with E-state index < -0.39 is 5.97 Å². The van der Waals surface area contributed by atoms with E-state index in [-0.39, 0.29) is 0 Å².